The van der Waals surface area contributed by atoms with E-state index in [0.717, 1.165) is 11.1 Å². The van der Waals surface area contributed by atoms with Crippen molar-refractivity contribution in [2.75, 3.05) is 5.73 Å². The number of nitrogen functional groups attached to an aromatic ring is 1. The molecule has 0 aromatic heterocycles. The van der Waals surface area contributed by atoms with Crippen LogP contribution in [-0.4, -0.2) is 11.0 Å². The highest BCUT2D eigenvalue weighted by Gasteiger charge is 2.10. The Morgan fingerprint density at radius 2 is 1.95 bits per heavy atom. The molecule has 0 saturated heterocycles. The zero-order chi connectivity index (χ0) is 14.5. The summed E-state index contributed by atoms with van der Waals surface area (Å²) in [7, 11) is 0. The smallest absolute Gasteiger partial charge is 0.253 e. The number of halogens is 1. The number of hydrogen-bond acceptors (Lipinski definition) is 3. The lowest BCUT2D eigenvalue weighted by Gasteiger charge is -2.08. The van der Waals surface area contributed by atoms with E-state index in [4.69, 9.17) is 22.4 Å². The van der Waals surface area contributed by atoms with Crippen LogP contribution in [0, 0.1) is 0 Å². The Morgan fingerprint density at radius 1 is 1.20 bits per heavy atom. The number of rotatable bonds is 4. The fourth-order valence-electron chi connectivity index (χ4n) is 1.84. The van der Waals surface area contributed by atoms with E-state index in [0.29, 0.717) is 22.8 Å². The van der Waals surface area contributed by atoms with Crippen molar-refractivity contribution in [3.05, 3.63) is 64.2 Å². The first-order valence-electron chi connectivity index (χ1n) is 6.12. The van der Waals surface area contributed by atoms with Crippen LogP contribution in [0.4, 0.5) is 5.69 Å². The fourth-order valence-corrected chi connectivity index (χ4v) is 2.01. The number of benzene rings is 2. The SMILES string of the molecule is Nc1ccc(Cl)cc1C(=O)NCc1cccc(CO)c1. The second-order valence-electron chi connectivity index (χ2n) is 4.39. The first kappa shape index (κ1) is 14.4. The Bertz CT molecular complexity index is 629. The molecule has 4 N–H and O–H groups in total. The largest absolute Gasteiger partial charge is 0.398 e. The molecule has 2 aromatic carbocycles. The zero-order valence-electron chi connectivity index (χ0n) is 10.8. The first-order valence-corrected chi connectivity index (χ1v) is 6.50. The highest BCUT2D eigenvalue weighted by Crippen LogP contribution is 2.17. The molecule has 0 aliphatic rings. The number of carbonyl (C=O) groups is 1. The number of aliphatic hydroxyl groups is 1. The average Bonchev–Trinajstić information content (AvgIpc) is 2.47. The Hall–Kier alpha value is -2.04. The predicted octanol–water partition coefficient (Wildman–Crippen LogP) is 2.34. The van der Waals surface area contributed by atoms with Gasteiger partial charge in [-0.3, -0.25) is 4.79 Å². The monoisotopic (exact) mass is 290 g/mol. The summed E-state index contributed by atoms with van der Waals surface area (Å²) in [6.45, 7) is 0.335. The lowest BCUT2D eigenvalue weighted by Crippen LogP contribution is -2.23. The van der Waals surface area contributed by atoms with Crippen LogP contribution >= 0.6 is 11.6 Å². The normalized spacial score (nSPS) is 10.3. The van der Waals surface area contributed by atoms with Crippen LogP contribution in [0.25, 0.3) is 0 Å². The number of nitrogens with one attached hydrogen (secondary N) is 1. The van der Waals surface area contributed by atoms with Crippen LogP contribution in [0.2, 0.25) is 5.02 Å². The summed E-state index contributed by atoms with van der Waals surface area (Å²) in [4.78, 5) is 12.0. The zero-order valence-corrected chi connectivity index (χ0v) is 11.5. The standard InChI is InChI=1S/C15H15ClN2O2/c16-12-4-5-14(17)13(7-12)15(20)18-8-10-2-1-3-11(6-10)9-19/h1-7,19H,8-9,17H2,(H,18,20). The molecule has 2 rings (SSSR count). The molecular formula is C15H15ClN2O2. The summed E-state index contributed by atoms with van der Waals surface area (Å²) in [6, 6.07) is 12.1. The Morgan fingerprint density at radius 3 is 2.70 bits per heavy atom. The minimum absolute atomic E-state index is 0.0248. The third kappa shape index (κ3) is 3.50. The summed E-state index contributed by atoms with van der Waals surface area (Å²) in [5.41, 5.74) is 8.21. The number of aliphatic hydroxyl groups excluding tert-OH is 1. The fraction of sp³-hybridized carbons (Fsp3) is 0.133. The number of anilines is 1. The maximum Gasteiger partial charge on any atom is 0.253 e. The van der Waals surface area contributed by atoms with Crippen molar-refractivity contribution in [1.82, 2.24) is 5.32 Å². The number of carbonyl (C=O) groups excluding carboxylic acids is 1. The molecule has 0 atom stereocenters. The van der Waals surface area contributed by atoms with Crippen LogP contribution in [0.15, 0.2) is 42.5 Å². The molecule has 0 bridgehead atoms. The van der Waals surface area contributed by atoms with E-state index >= 15 is 0 Å². The van der Waals surface area contributed by atoms with Crippen molar-refractivity contribution in [1.29, 1.82) is 0 Å². The van der Waals surface area contributed by atoms with Crippen molar-refractivity contribution >= 4 is 23.2 Å². The second-order valence-corrected chi connectivity index (χ2v) is 4.83. The molecule has 0 fully saturated rings. The van der Waals surface area contributed by atoms with Gasteiger partial charge in [0, 0.05) is 17.3 Å². The van der Waals surface area contributed by atoms with Gasteiger partial charge >= 0.3 is 0 Å². The quantitative estimate of drug-likeness (QED) is 0.757. The van der Waals surface area contributed by atoms with E-state index in [1.165, 1.54) is 6.07 Å². The van der Waals surface area contributed by atoms with E-state index in [9.17, 15) is 4.79 Å². The third-order valence-corrected chi connectivity index (χ3v) is 3.12. The van der Waals surface area contributed by atoms with Gasteiger partial charge in [-0.05, 0) is 29.3 Å². The van der Waals surface area contributed by atoms with Crippen LogP contribution in [0.3, 0.4) is 0 Å². The van der Waals surface area contributed by atoms with Crippen molar-refractivity contribution in [3.8, 4) is 0 Å². The molecule has 1 amide bonds. The molecular weight excluding hydrogens is 276 g/mol. The van der Waals surface area contributed by atoms with E-state index in [2.05, 4.69) is 5.32 Å². The van der Waals surface area contributed by atoms with Gasteiger partial charge in [0.15, 0.2) is 0 Å². The van der Waals surface area contributed by atoms with Gasteiger partial charge in [0.1, 0.15) is 0 Å². The van der Waals surface area contributed by atoms with E-state index in [-0.39, 0.29) is 12.5 Å². The molecule has 0 spiro atoms. The third-order valence-electron chi connectivity index (χ3n) is 2.89. The molecule has 0 radical (unpaired) electrons. The summed E-state index contributed by atoms with van der Waals surface area (Å²) in [5, 5.41) is 12.3. The topological polar surface area (TPSA) is 75.4 Å². The van der Waals surface area contributed by atoms with Crippen LogP contribution in [-0.2, 0) is 13.2 Å². The predicted molar refractivity (Wildman–Crippen MR) is 79.4 cm³/mol. The van der Waals surface area contributed by atoms with E-state index in [1.807, 2.05) is 24.3 Å². The lowest BCUT2D eigenvalue weighted by atomic mass is 10.1. The van der Waals surface area contributed by atoms with Crippen LogP contribution in [0.1, 0.15) is 21.5 Å². The number of hydrogen-bond donors (Lipinski definition) is 3. The molecule has 104 valence electrons. The Labute approximate surface area is 122 Å². The van der Waals surface area contributed by atoms with Gasteiger partial charge in [-0.25, -0.2) is 0 Å². The number of nitrogens with two attached hydrogens (primary N) is 1. The number of amides is 1. The van der Waals surface area contributed by atoms with Gasteiger partial charge in [-0.1, -0.05) is 35.9 Å². The molecule has 0 saturated carbocycles. The minimum atomic E-state index is -0.278. The van der Waals surface area contributed by atoms with Crippen molar-refractivity contribution in [2.24, 2.45) is 0 Å². The van der Waals surface area contributed by atoms with E-state index in [1.54, 1.807) is 12.1 Å². The van der Waals surface area contributed by atoms with Crippen LogP contribution in [0.5, 0.6) is 0 Å². The van der Waals surface area contributed by atoms with Gasteiger partial charge in [-0.15, -0.1) is 0 Å². The molecule has 4 nitrogen and oxygen atoms in total. The highest BCUT2D eigenvalue weighted by molar-refractivity contribution is 6.31. The van der Waals surface area contributed by atoms with Gasteiger partial charge in [0.2, 0.25) is 0 Å². The summed E-state index contributed by atoms with van der Waals surface area (Å²) < 4.78 is 0. The Kier molecular flexibility index (Phi) is 4.61. The molecule has 2 aromatic rings. The van der Waals surface area contributed by atoms with E-state index < -0.39 is 0 Å². The van der Waals surface area contributed by atoms with Gasteiger partial charge in [-0.2, -0.15) is 0 Å². The highest BCUT2D eigenvalue weighted by atomic mass is 35.5. The maximum atomic E-state index is 12.0. The first-order chi connectivity index (χ1) is 9.60. The summed E-state index contributed by atoms with van der Waals surface area (Å²) >= 11 is 5.85. The second kappa shape index (κ2) is 6.41. The van der Waals surface area contributed by atoms with Crippen molar-refractivity contribution in [3.63, 3.8) is 0 Å². The minimum Gasteiger partial charge on any atom is -0.398 e. The van der Waals surface area contributed by atoms with Crippen molar-refractivity contribution < 1.29 is 9.90 Å². The molecule has 0 unspecified atom stereocenters. The summed E-state index contributed by atoms with van der Waals surface area (Å²) in [5.74, 6) is -0.278. The summed E-state index contributed by atoms with van der Waals surface area (Å²) in [6.07, 6.45) is 0. The lowest BCUT2D eigenvalue weighted by molar-refractivity contribution is 0.0952. The van der Waals surface area contributed by atoms with Gasteiger partial charge in [0.05, 0.1) is 12.2 Å². The van der Waals surface area contributed by atoms with Crippen molar-refractivity contribution in [2.45, 2.75) is 13.2 Å². The van der Waals surface area contributed by atoms with Gasteiger partial charge < -0.3 is 16.2 Å². The van der Waals surface area contributed by atoms with Crippen LogP contribution < -0.4 is 11.1 Å². The molecule has 0 aliphatic heterocycles. The average molecular weight is 291 g/mol. The molecule has 5 heteroatoms. The maximum absolute atomic E-state index is 12.0. The molecule has 0 aliphatic carbocycles. The molecule has 20 heavy (non-hydrogen) atoms. The van der Waals surface area contributed by atoms with Gasteiger partial charge in [0.25, 0.3) is 5.91 Å². The Balaban J connectivity index is 2.06. The molecule has 0 heterocycles.